The van der Waals surface area contributed by atoms with Crippen molar-refractivity contribution in [2.24, 2.45) is 0 Å². The molecule has 3 aromatic heterocycles. The van der Waals surface area contributed by atoms with Gasteiger partial charge in [0.25, 0.3) is 5.56 Å². The van der Waals surface area contributed by atoms with Crippen LogP contribution < -0.4 is 11.3 Å². The van der Waals surface area contributed by atoms with E-state index in [2.05, 4.69) is 9.97 Å². The first-order valence-corrected chi connectivity index (χ1v) is 9.51. The Balaban J connectivity index is 1.88. The lowest BCUT2D eigenvalue weighted by Crippen LogP contribution is -2.18. The molecule has 0 spiro atoms. The molecule has 0 atom stereocenters. The number of benzene rings is 2. The van der Waals surface area contributed by atoms with E-state index in [4.69, 9.17) is 17.3 Å². The lowest BCUT2D eigenvalue weighted by Gasteiger charge is -2.14. The zero-order valence-electron chi connectivity index (χ0n) is 15.5. The molecule has 5 rings (SSSR count). The van der Waals surface area contributed by atoms with Crippen LogP contribution in [0.1, 0.15) is 0 Å². The minimum atomic E-state index is -0.471. The molecule has 0 aliphatic rings. The fourth-order valence-corrected chi connectivity index (χ4v) is 3.82. The zero-order chi connectivity index (χ0) is 20.8. The van der Waals surface area contributed by atoms with Crippen LogP contribution in [0.2, 0.25) is 5.02 Å². The zero-order valence-corrected chi connectivity index (χ0v) is 16.3. The molecule has 0 aliphatic carbocycles. The van der Waals surface area contributed by atoms with Gasteiger partial charge in [0, 0.05) is 34.8 Å². The van der Waals surface area contributed by atoms with Gasteiger partial charge in [0.1, 0.15) is 11.6 Å². The molecule has 0 fully saturated rings. The molecule has 0 bridgehead atoms. The van der Waals surface area contributed by atoms with Crippen molar-refractivity contribution < 1.29 is 4.39 Å². The van der Waals surface area contributed by atoms with Crippen LogP contribution in [0.15, 0.2) is 77.9 Å². The first-order valence-electron chi connectivity index (χ1n) is 9.13. The summed E-state index contributed by atoms with van der Waals surface area (Å²) in [5.74, 6) is -0.0341. The van der Waals surface area contributed by atoms with Gasteiger partial charge in [0.05, 0.1) is 21.7 Å². The molecular formula is C23H14ClFN4O. The average Bonchev–Trinajstić information content (AvgIpc) is 2.74. The summed E-state index contributed by atoms with van der Waals surface area (Å²) in [5.41, 5.74) is 8.97. The highest BCUT2D eigenvalue weighted by Gasteiger charge is 2.14. The van der Waals surface area contributed by atoms with Gasteiger partial charge in [-0.2, -0.15) is 0 Å². The van der Waals surface area contributed by atoms with E-state index in [-0.39, 0.29) is 10.6 Å². The molecule has 0 saturated heterocycles. The number of hydrogen-bond acceptors (Lipinski definition) is 4. The van der Waals surface area contributed by atoms with Crippen molar-refractivity contribution in [1.29, 1.82) is 0 Å². The van der Waals surface area contributed by atoms with Gasteiger partial charge in [-0.3, -0.25) is 14.3 Å². The summed E-state index contributed by atoms with van der Waals surface area (Å²) in [7, 11) is 0. The van der Waals surface area contributed by atoms with Crippen LogP contribution in [0.25, 0.3) is 38.6 Å². The molecule has 30 heavy (non-hydrogen) atoms. The summed E-state index contributed by atoms with van der Waals surface area (Å²) < 4.78 is 15.1. The summed E-state index contributed by atoms with van der Waals surface area (Å²) in [6, 6.07) is 16.5. The quantitative estimate of drug-likeness (QED) is 0.412. The van der Waals surface area contributed by atoms with E-state index in [1.54, 1.807) is 24.5 Å². The SMILES string of the molecule is Nc1ccc(-c2ccc3ncc4ccc(=O)n(-c5ccc(F)cc5Cl)c4c3c2)cn1. The Morgan fingerprint density at radius 3 is 2.50 bits per heavy atom. The van der Waals surface area contributed by atoms with Crippen molar-refractivity contribution in [3.63, 3.8) is 0 Å². The molecule has 2 aromatic carbocycles. The molecule has 5 aromatic rings. The molecule has 0 amide bonds. The van der Waals surface area contributed by atoms with Gasteiger partial charge in [-0.25, -0.2) is 9.37 Å². The molecule has 2 N–H and O–H groups in total. The van der Waals surface area contributed by atoms with Crippen molar-refractivity contribution in [2.75, 3.05) is 5.73 Å². The molecule has 0 saturated carbocycles. The van der Waals surface area contributed by atoms with Crippen LogP contribution in [0.3, 0.4) is 0 Å². The predicted octanol–water partition coefficient (Wildman–Crippen LogP) is 4.98. The standard InChI is InChI=1S/C23H14ClFN4O/c24-18-10-16(25)4-6-20(18)29-22(30)8-3-15-12-27-19-5-1-13(9-17(19)23(15)29)14-2-7-21(26)28-11-14/h1-12H,(H2,26,28). The number of nitrogens with two attached hydrogens (primary N) is 1. The van der Waals surface area contributed by atoms with Crippen LogP contribution in [0.4, 0.5) is 10.2 Å². The highest BCUT2D eigenvalue weighted by molar-refractivity contribution is 6.32. The minimum absolute atomic E-state index is 0.147. The molecular weight excluding hydrogens is 403 g/mol. The third-order valence-electron chi connectivity index (χ3n) is 4.99. The number of anilines is 1. The van der Waals surface area contributed by atoms with Crippen molar-refractivity contribution in [3.05, 3.63) is 94.3 Å². The lowest BCUT2D eigenvalue weighted by molar-refractivity contribution is 0.627. The summed E-state index contributed by atoms with van der Waals surface area (Å²) in [6.07, 6.45) is 3.40. The third kappa shape index (κ3) is 2.98. The summed E-state index contributed by atoms with van der Waals surface area (Å²) >= 11 is 6.29. The van der Waals surface area contributed by atoms with E-state index in [0.717, 1.165) is 21.9 Å². The van der Waals surface area contributed by atoms with Crippen LogP contribution in [0.5, 0.6) is 0 Å². The monoisotopic (exact) mass is 416 g/mol. The van der Waals surface area contributed by atoms with Gasteiger partial charge in [0.2, 0.25) is 0 Å². The van der Waals surface area contributed by atoms with E-state index in [9.17, 15) is 9.18 Å². The number of aromatic nitrogens is 3. The highest BCUT2D eigenvalue weighted by Crippen LogP contribution is 2.31. The molecule has 7 heteroatoms. The Morgan fingerprint density at radius 1 is 0.900 bits per heavy atom. The Kier molecular flexibility index (Phi) is 4.22. The predicted molar refractivity (Wildman–Crippen MR) is 117 cm³/mol. The second-order valence-electron chi connectivity index (χ2n) is 6.87. The second kappa shape index (κ2) is 6.93. The van der Waals surface area contributed by atoms with E-state index >= 15 is 0 Å². The Morgan fingerprint density at radius 2 is 1.73 bits per heavy atom. The van der Waals surface area contributed by atoms with Crippen molar-refractivity contribution in [3.8, 4) is 16.8 Å². The van der Waals surface area contributed by atoms with E-state index < -0.39 is 5.82 Å². The smallest absolute Gasteiger partial charge is 0.255 e. The van der Waals surface area contributed by atoms with Crippen molar-refractivity contribution in [2.45, 2.75) is 0 Å². The number of nitrogens with zero attached hydrogens (tertiary/aromatic N) is 3. The molecule has 146 valence electrons. The van der Waals surface area contributed by atoms with Gasteiger partial charge in [-0.15, -0.1) is 0 Å². The van der Waals surface area contributed by atoms with Gasteiger partial charge in [-0.1, -0.05) is 17.7 Å². The third-order valence-corrected chi connectivity index (χ3v) is 5.29. The molecule has 0 radical (unpaired) electrons. The molecule has 5 nitrogen and oxygen atoms in total. The molecule has 0 aliphatic heterocycles. The number of nitrogen functional groups attached to an aromatic ring is 1. The minimum Gasteiger partial charge on any atom is -0.384 e. The van der Waals surface area contributed by atoms with Gasteiger partial charge in [-0.05, 0) is 54.1 Å². The molecule has 0 unspecified atom stereocenters. The summed E-state index contributed by atoms with van der Waals surface area (Å²) in [6.45, 7) is 0. The first kappa shape index (κ1) is 18.3. The van der Waals surface area contributed by atoms with Gasteiger partial charge in [0.15, 0.2) is 0 Å². The van der Waals surface area contributed by atoms with Crippen LogP contribution in [-0.2, 0) is 0 Å². The maximum Gasteiger partial charge on any atom is 0.255 e. The second-order valence-corrected chi connectivity index (χ2v) is 7.28. The van der Waals surface area contributed by atoms with Gasteiger partial charge >= 0.3 is 0 Å². The van der Waals surface area contributed by atoms with E-state index in [1.807, 2.05) is 24.3 Å². The highest BCUT2D eigenvalue weighted by atomic mass is 35.5. The fraction of sp³-hybridized carbons (Fsp3) is 0. The topological polar surface area (TPSA) is 73.8 Å². The number of pyridine rings is 3. The van der Waals surface area contributed by atoms with Crippen LogP contribution >= 0.6 is 11.6 Å². The van der Waals surface area contributed by atoms with Crippen molar-refractivity contribution in [1.82, 2.24) is 14.5 Å². The number of fused-ring (bicyclic) bond motifs is 3. The number of hydrogen-bond donors (Lipinski definition) is 1. The van der Waals surface area contributed by atoms with Crippen molar-refractivity contribution >= 4 is 39.2 Å². The Bertz CT molecular complexity index is 1500. The maximum absolute atomic E-state index is 13.6. The average molecular weight is 417 g/mol. The number of halogens is 2. The van der Waals surface area contributed by atoms with E-state index in [0.29, 0.717) is 22.5 Å². The first-order chi connectivity index (χ1) is 14.5. The van der Waals surface area contributed by atoms with Crippen LogP contribution in [-0.4, -0.2) is 14.5 Å². The maximum atomic E-state index is 13.6. The fourth-order valence-electron chi connectivity index (χ4n) is 3.57. The largest absolute Gasteiger partial charge is 0.384 e. The van der Waals surface area contributed by atoms with Gasteiger partial charge < -0.3 is 5.73 Å². The summed E-state index contributed by atoms with van der Waals surface area (Å²) in [5, 5.41) is 1.67. The molecule has 3 heterocycles. The van der Waals surface area contributed by atoms with E-state index in [1.165, 1.54) is 28.8 Å². The Labute approximate surface area is 175 Å². The normalized spacial score (nSPS) is 11.3. The number of rotatable bonds is 2. The Hall–Kier alpha value is -3.77. The summed E-state index contributed by atoms with van der Waals surface area (Å²) in [4.78, 5) is 21.5. The lowest BCUT2D eigenvalue weighted by atomic mass is 10.0. The van der Waals surface area contributed by atoms with Crippen LogP contribution in [0, 0.1) is 5.82 Å².